The van der Waals surface area contributed by atoms with Gasteiger partial charge in [0.1, 0.15) is 6.04 Å². The van der Waals surface area contributed by atoms with Crippen molar-refractivity contribution in [2.24, 2.45) is 0 Å². The SMILES string of the molecule is CNC(=O)[C@H](C)N(Cc1ccccc1)C(=O)CCCSc1ccc(Cl)cc1. The van der Waals surface area contributed by atoms with E-state index in [1.165, 1.54) is 0 Å². The van der Waals surface area contributed by atoms with Gasteiger partial charge in [0.2, 0.25) is 11.8 Å². The molecule has 2 aromatic rings. The summed E-state index contributed by atoms with van der Waals surface area (Å²) in [5, 5.41) is 3.35. The smallest absolute Gasteiger partial charge is 0.242 e. The van der Waals surface area contributed by atoms with Crippen molar-refractivity contribution in [1.82, 2.24) is 10.2 Å². The average molecular weight is 405 g/mol. The summed E-state index contributed by atoms with van der Waals surface area (Å²) in [7, 11) is 1.59. The molecule has 1 N–H and O–H groups in total. The molecule has 0 aromatic heterocycles. The average Bonchev–Trinajstić information content (AvgIpc) is 2.70. The third-order valence-corrected chi connectivity index (χ3v) is 5.58. The number of nitrogens with zero attached hydrogens (tertiary/aromatic N) is 1. The van der Waals surface area contributed by atoms with Crippen molar-refractivity contribution in [1.29, 1.82) is 0 Å². The largest absolute Gasteiger partial charge is 0.357 e. The maximum Gasteiger partial charge on any atom is 0.242 e. The van der Waals surface area contributed by atoms with Gasteiger partial charge >= 0.3 is 0 Å². The molecule has 0 aliphatic carbocycles. The zero-order valence-electron chi connectivity index (χ0n) is 15.7. The van der Waals surface area contributed by atoms with E-state index in [1.54, 1.807) is 30.6 Å². The first kappa shape index (κ1) is 21.3. The van der Waals surface area contributed by atoms with Crippen LogP contribution in [-0.4, -0.2) is 35.6 Å². The predicted molar refractivity (Wildman–Crippen MR) is 112 cm³/mol. The number of rotatable bonds is 9. The van der Waals surface area contributed by atoms with Crippen LogP contribution >= 0.6 is 23.4 Å². The van der Waals surface area contributed by atoms with Crippen LogP contribution in [0, 0.1) is 0 Å². The lowest BCUT2D eigenvalue weighted by Crippen LogP contribution is -2.46. The Morgan fingerprint density at radius 3 is 2.41 bits per heavy atom. The van der Waals surface area contributed by atoms with E-state index in [-0.39, 0.29) is 11.8 Å². The molecule has 2 aromatic carbocycles. The molecule has 0 radical (unpaired) electrons. The molecular formula is C21H25ClN2O2S. The van der Waals surface area contributed by atoms with Crippen LogP contribution in [0.1, 0.15) is 25.3 Å². The number of carbonyl (C=O) groups is 2. The van der Waals surface area contributed by atoms with Crippen LogP contribution in [0.25, 0.3) is 0 Å². The number of thioether (sulfide) groups is 1. The molecule has 2 rings (SSSR count). The Labute approximate surface area is 170 Å². The number of benzene rings is 2. The van der Waals surface area contributed by atoms with Gasteiger partial charge in [0.15, 0.2) is 0 Å². The Kier molecular flexibility index (Phi) is 8.69. The number of likely N-dealkylation sites (N-methyl/N-ethyl adjacent to an activating group) is 1. The summed E-state index contributed by atoms with van der Waals surface area (Å²) in [5.74, 6) is 0.669. The molecule has 0 saturated carbocycles. The molecule has 0 aliphatic heterocycles. The first-order valence-corrected chi connectivity index (χ1v) is 10.3. The summed E-state index contributed by atoms with van der Waals surface area (Å²) in [5.41, 5.74) is 1.01. The van der Waals surface area contributed by atoms with Crippen LogP contribution in [0.2, 0.25) is 5.02 Å². The molecule has 0 saturated heterocycles. The molecule has 144 valence electrons. The van der Waals surface area contributed by atoms with Gasteiger partial charge in [-0.25, -0.2) is 0 Å². The Balaban J connectivity index is 1.92. The van der Waals surface area contributed by atoms with Crippen molar-refractivity contribution in [3.63, 3.8) is 0 Å². The van der Waals surface area contributed by atoms with E-state index in [0.29, 0.717) is 18.0 Å². The number of carbonyl (C=O) groups excluding carboxylic acids is 2. The minimum atomic E-state index is -0.508. The van der Waals surface area contributed by atoms with Crippen LogP contribution < -0.4 is 5.32 Å². The molecule has 0 heterocycles. The molecule has 0 bridgehead atoms. The molecule has 6 heteroatoms. The summed E-state index contributed by atoms with van der Waals surface area (Å²) in [6, 6.07) is 16.9. The van der Waals surface area contributed by atoms with Crippen LogP contribution in [-0.2, 0) is 16.1 Å². The summed E-state index contributed by atoms with van der Waals surface area (Å²) in [6.45, 7) is 2.20. The fraction of sp³-hybridized carbons (Fsp3) is 0.333. The van der Waals surface area contributed by atoms with E-state index in [2.05, 4.69) is 5.32 Å². The van der Waals surface area contributed by atoms with Crippen molar-refractivity contribution in [2.45, 2.75) is 37.2 Å². The number of hydrogen-bond acceptors (Lipinski definition) is 3. The van der Waals surface area contributed by atoms with Gasteiger partial charge in [0.25, 0.3) is 0 Å². The molecule has 0 aliphatic rings. The highest BCUT2D eigenvalue weighted by molar-refractivity contribution is 7.99. The Hall–Kier alpha value is -1.98. The minimum Gasteiger partial charge on any atom is -0.357 e. The highest BCUT2D eigenvalue weighted by Crippen LogP contribution is 2.22. The van der Waals surface area contributed by atoms with E-state index < -0.39 is 6.04 Å². The first-order valence-electron chi connectivity index (χ1n) is 8.94. The topological polar surface area (TPSA) is 49.4 Å². The number of hydrogen-bond donors (Lipinski definition) is 1. The van der Waals surface area contributed by atoms with Crippen LogP contribution in [0.4, 0.5) is 0 Å². The highest BCUT2D eigenvalue weighted by Gasteiger charge is 2.24. The second-order valence-corrected chi connectivity index (χ2v) is 7.81. The maximum atomic E-state index is 12.8. The van der Waals surface area contributed by atoms with Gasteiger partial charge in [-0.15, -0.1) is 11.8 Å². The maximum absolute atomic E-state index is 12.8. The molecule has 1 atom stereocenters. The van der Waals surface area contributed by atoms with E-state index in [1.807, 2.05) is 54.6 Å². The second kappa shape index (κ2) is 11.0. The van der Waals surface area contributed by atoms with E-state index in [9.17, 15) is 9.59 Å². The standard InChI is InChI=1S/C21H25ClN2O2S/c1-16(21(26)23-2)24(15-17-7-4-3-5-8-17)20(25)9-6-14-27-19-12-10-18(22)11-13-19/h3-5,7-8,10-13,16H,6,9,14-15H2,1-2H3,(H,23,26)/t16-/m0/s1. The van der Waals surface area contributed by atoms with Gasteiger partial charge in [0, 0.05) is 29.9 Å². The van der Waals surface area contributed by atoms with Crippen molar-refractivity contribution in [3.05, 3.63) is 65.2 Å². The Bertz CT molecular complexity index is 738. The van der Waals surface area contributed by atoms with Crippen molar-refractivity contribution in [3.8, 4) is 0 Å². The predicted octanol–water partition coefficient (Wildman–Crippen LogP) is 4.38. The van der Waals surface area contributed by atoms with Gasteiger partial charge < -0.3 is 10.2 Å². The third-order valence-electron chi connectivity index (χ3n) is 4.23. The summed E-state index contributed by atoms with van der Waals surface area (Å²) >= 11 is 7.59. The van der Waals surface area contributed by atoms with Gasteiger partial charge in [0.05, 0.1) is 0 Å². The molecule has 2 amide bonds. The van der Waals surface area contributed by atoms with E-state index >= 15 is 0 Å². The highest BCUT2D eigenvalue weighted by atomic mass is 35.5. The van der Waals surface area contributed by atoms with Gasteiger partial charge in [-0.05, 0) is 48.9 Å². The lowest BCUT2D eigenvalue weighted by Gasteiger charge is -2.28. The number of halogens is 1. The van der Waals surface area contributed by atoms with E-state index in [4.69, 9.17) is 11.6 Å². The normalized spacial score (nSPS) is 11.7. The molecule has 4 nitrogen and oxygen atoms in total. The van der Waals surface area contributed by atoms with Gasteiger partial charge in [-0.2, -0.15) is 0 Å². The Morgan fingerprint density at radius 2 is 1.78 bits per heavy atom. The van der Waals surface area contributed by atoms with Crippen molar-refractivity contribution in [2.75, 3.05) is 12.8 Å². The van der Waals surface area contributed by atoms with Crippen LogP contribution in [0.5, 0.6) is 0 Å². The zero-order chi connectivity index (χ0) is 19.6. The second-order valence-electron chi connectivity index (χ2n) is 6.20. The van der Waals surface area contributed by atoms with Crippen LogP contribution in [0.3, 0.4) is 0 Å². The molecule has 0 spiro atoms. The fourth-order valence-electron chi connectivity index (χ4n) is 2.66. The van der Waals surface area contributed by atoms with Gasteiger partial charge in [-0.1, -0.05) is 41.9 Å². The fourth-order valence-corrected chi connectivity index (χ4v) is 3.64. The summed E-state index contributed by atoms with van der Waals surface area (Å²) in [4.78, 5) is 27.6. The van der Waals surface area contributed by atoms with E-state index in [0.717, 1.165) is 22.6 Å². The molecule has 27 heavy (non-hydrogen) atoms. The molecule has 0 unspecified atom stereocenters. The molecule has 0 fully saturated rings. The van der Waals surface area contributed by atoms with Crippen LogP contribution in [0.15, 0.2) is 59.5 Å². The first-order chi connectivity index (χ1) is 13.0. The molecular weight excluding hydrogens is 380 g/mol. The lowest BCUT2D eigenvalue weighted by atomic mass is 10.1. The Morgan fingerprint density at radius 1 is 1.11 bits per heavy atom. The van der Waals surface area contributed by atoms with Gasteiger partial charge in [-0.3, -0.25) is 9.59 Å². The number of amides is 2. The van der Waals surface area contributed by atoms with Crippen molar-refractivity contribution < 1.29 is 9.59 Å². The monoisotopic (exact) mass is 404 g/mol. The summed E-state index contributed by atoms with van der Waals surface area (Å²) < 4.78 is 0. The lowest BCUT2D eigenvalue weighted by molar-refractivity contribution is -0.140. The summed E-state index contributed by atoms with van der Waals surface area (Å²) in [6.07, 6.45) is 1.16. The minimum absolute atomic E-state index is 0.00772. The number of nitrogens with one attached hydrogen (secondary N) is 1. The van der Waals surface area contributed by atoms with Crippen molar-refractivity contribution >= 4 is 35.2 Å². The quantitative estimate of drug-likeness (QED) is 0.498. The zero-order valence-corrected chi connectivity index (χ0v) is 17.2. The third kappa shape index (κ3) is 6.92.